The summed E-state index contributed by atoms with van der Waals surface area (Å²) in [6, 6.07) is 7.72. The predicted octanol–water partition coefficient (Wildman–Crippen LogP) is 3.09. The molecule has 0 heterocycles. The van der Waals surface area contributed by atoms with Gasteiger partial charge in [0, 0.05) is 0 Å². The average Bonchev–Trinajstić information content (AvgIpc) is 2.57. The summed E-state index contributed by atoms with van der Waals surface area (Å²) in [5, 5.41) is 11.8. The van der Waals surface area contributed by atoms with Crippen molar-refractivity contribution >= 4 is 11.9 Å². The molecule has 1 rings (SSSR count). The molecule has 0 aliphatic carbocycles. The molecule has 0 aliphatic rings. The lowest BCUT2D eigenvalue weighted by atomic mass is 9.90. The van der Waals surface area contributed by atoms with Crippen molar-refractivity contribution in [3.05, 3.63) is 29.3 Å². The summed E-state index contributed by atoms with van der Waals surface area (Å²) in [6.07, 6.45) is 0. The second-order valence-corrected chi connectivity index (χ2v) is 7.14. The van der Waals surface area contributed by atoms with Crippen LogP contribution in [-0.4, -0.2) is 30.6 Å². The molecule has 0 fully saturated rings. The number of carbonyl (C=O) groups excluding carboxylic acids is 2. The number of esters is 1. The number of nitrogens with zero attached hydrogens (tertiary/aromatic N) is 1. The van der Waals surface area contributed by atoms with Crippen LogP contribution in [0, 0.1) is 24.2 Å². The Hall–Kier alpha value is -2.55. The molecule has 0 spiro atoms. The van der Waals surface area contributed by atoms with E-state index >= 15 is 0 Å². The molecule has 1 aromatic rings. The van der Waals surface area contributed by atoms with Crippen LogP contribution in [0.4, 0.5) is 0 Å². The van der Waals surface area contributed by atoms with Crippen molar-refractivity contribution in [2.24, 2.45) is 5.92 Å². The van der Waals surface area contributed by atoms with Gasteiger partial charge >= 0.3 is 5.97 Å². The van der Waals surface area contributed by atoms with Crippen LogP contribution >= 0.6 is 0 Å². The number of nitriles is 1. The summed E-state index contributed by atoms with van der Waals surface area (Å²) in [4.78, 5) is 23.6. The minimum Gasteiger partial charge on any atom is -0.482 e. The number of rotatable bonds is 8. The second kappa shape index (κ2) is 9.23. The van der Waals surface area contributed by atoms with Crippen molar-refractivity contribution < 1.29 is 19.1 Å². The molecule has 6 heteroatoms. The number of amides is 1. The summed E-state index contributed by atoms with van der Waals surface area (Å²) in [6.45, 7) is 10.8. The summed E-state index contributed by atoms with van der Waals surface area (Å²) in [5.74, 6) is -0.252. The zero-order valence-corrected chi connectivity index (χ0v) is 16.4. The van der Waals surface area contributed by atoms with Gasteiger partial charge in [0.15, 0.2) is 13.2 Å². The first-order chi connectivity index (χ1) is 12.1. The van der Waals surface area contributed by atoms with Crippen LogP contribution in [0.1, 0.15) is 51.7 Å². The maximum atomic E-state index is 11.9. The van der Waals surface area contributed by atoms with Gasteiger partial charge in [-0.3, -0.25) is 4.79 Å². The van der Waals surface area contributed by atoms with Crippen molar-refractivity contribution in [2.75, 3.05) is 13.2 Å². The number of nitrogens with one attached hydrogen (secondary N) is 1. The SMILES string of the molecule is Cc1cc(OCC(=O)OCC(=O)N[C@@](C)(C#N)C(C)C)ccc1C(C)C. The van der Waals surface area contributed by atoms with E-state index in [-0.39, 0.29) is 12.5 Å². The third-order valence-corrected chi connectivity index (χ3v) is 4.37. The van der Waals surface area contributed by atoms with Crippen LogP contribution in [0.25, 0.3) is 0 Å². The third kappa shape index (κ3) is 6.07. The van der Waals surface area contributed by atoms with E-state index in [1.807, 2.05) is 39.0 Å². The Morgan fingerprint density at radius 2 is 1.88 bits per heavy atom. The van der Waals surface area contributed by atoms with Crippen molar-refractivity contribution in [2.45, 2.75) is 53.0 Å². The van der Waals surface area contributed by atoms with Crippen molar-refractivity contribution in [1.82, 2.24) is 5.32 Å². The molecule has 0 radical (unpaired) electrons. The van der Waals surface area contributed by atoms with Crippen LogP contribution in [0.3, 0.4) is 0 Å². The van der Waals surface area contributed by atoms with E-state index in [1.165, 1.54) is 5.56 Å². The molecule has 142 valence electrons. The smallest absolute Gasteiger partial charge is 0.344 e. The highest BCUT2D eigenvalue weighted by Crippen LogP contribution is 2.23. The fourth-order valence-electron chi connectivity index (χ4n) is 2.34. The fraction of sp³-hybridized carbons (Fsp3) is 0.550. The van der Waals surface area contributed by atoms with Gasteiger partial charge in [-0.05, 0) is 48.9 Å². The molecule has 6 nitrogen and oxygen atoms in total. The van der Waals surface area contributed by atoms with Crippen molar-refractivity contribution in [3.8, 4) is 11.8 Å². The molecule has 0 saturated heterocycles. The zero-order chi connectivity index (χ0) is 19.9. The molecule has 1 aromatic carbocycles. The normalized spacial score (nSPS) is 13.0. The number of hydrogen-bond donors (Lipinski definition) is 1. The van der Waals surface area contributed by atoms with Crippen LogP contribution in [0.15, 0.2) is 18.2 Å². The summed E-state index contributed by atoms with van der Waals surface area (Å²) < 4.78 is 10.3. The maximum absolute atomic E-state index is 11.9. The predicted molar refractivity (Wildman–Crippen MR) is 98.7 cm³/mol. The molecule has 0 saturated carbocycles. The Bertz CT molecular complexity index is 692. The van der Waals surface area contributed by atoms with Gasteiger partial charge in [0.1, 0.15) is 11.3 Å². The summed E-state index contributed by atoms with van der Waals surface area (Å²) in [7, 11) is 0. The number of carbonyl (C=O) groups is 2. The number of hydrogen-bond acceptors (Lipinski definition) is 5. The van der Waals surface area contributed by atoms with Crippen molar-refractivity contribution in [3.63, 3.8) is 0 Å². The number of ether oxygens (including phenoxy) is 2. The van der Waals surface area contributed by atoms with Crippen molar-refractivity contribution in [1.29, 1.82) is 5.26 Å². The highest BCUT2D eigenvalue weighted by atomic mass is 16.6. The van der Waals surface area contributed by atoms with Crippen LogP contribution in [-0.2, 0) is 14.3 Å². The lowest BCUT2D eigenvalue weighted by Gasteiger charge is -2.27. The molecule has 1 N–H and O–H groups in total. The zero-order valence-electron chi connectivity index (χ0n) is 16.4. The van der Waals surface area contributed by atoms with Gasteiger partial charge in [0.05, 0.1) is 6.07 Å². The second-order valence-electron chi connectivity index (χ2n) is 7.14. The Kier molecular flexibility index (Phi) is 7.63. The molecule has 1 atom stereocenters. The lowest BCUT2D eigenvalue weighted by Crippen LogP contribution is -2.50. The monoisotopic (exact) mass is 360 g/mol. The Morgan fingerprint density at radius 1 is 1.23 bits per heavy atom. The van der Waals surface area contributed by atoms with E-state index in [0.717, 1.165) is 5.56 Å². The molecule has 1 amide bonds. The van der Waals surface area contributed by atoms with Gasteiger partial charge in [0.25, 0.3) is 5.91 Å². The highest BCUT2D eigenvalue weighted by Gasteiger charge is 2.30. The van der Waals surface area contributed by atoms with E-state index in [1.54, 1.807) is 6.92 Å². The Labute approximate surface area is 155 Å². The molecule has 26 heavy (non-hydrogen) atoms. The first-order valence-corrected chi connectivity index (χ1v) is 8.70. The molecule has 0 bridgehead atoms. The largest absolute Gasteiger partial charge is 0.482 e. The summed E-state index contributed by atoms with van der Waals surface area (Å²) >= 11 is 0. The first kappa shape index (κ1) is 21.5. The van der Waals surface area contributed by atoms with E-state index in [0.29, 0.717) is 11.7 Å². The summed E-state index contributed by atoms with van der Waals surface area (Å²) in [5.41, 5.74) is 1.31. The van der Waals surface area contributed by atoms with Gasteiger partial charge in [-0.2, -0.15) is 5.26 Å². The minimum absolute atomic E-state index is 0.0764. The standard InChI is InChI=1S/C20H28N2O4/c1-13(2)17-8-7-16(9-15(17)5)25-11-19(24)26-10-18(23)22-20(6,12-21)14(3)4/h7-9,13-14H,10-11H2,1-6H3,(H,22,23)/t20-/m0/s1. The van der Waals surface area contributed by atoms with E-state index < -0.39 is 24.0 Å². The van der Waals surface area contributed by atoms with Gasteiger partial charge in [0.2, 0.25) is 0 Å². The van der Waals surface area contributed by atoms with Gasteiger partial charge < -0.3 is 14.8 Å². The first-order valence-electron chi connectivity index (χ1n) is 8.70. The minimum atomic E-state index is -1.00. The average molecular weight is 360 g/mol. The van der Waals surface area contributed by atoms with Crippen LogP contribution in [0.2, 0.25) is 0 Å². The van der Waals surface area contributed by atoms with E-state index in [2.05, 4.69) is 25.2 Å². The van der Waals surface area contributed by atoms with Gasteiger partial charge in [-0.1, -0.05) is 33.8 Å². The number of benzene rings is 1. The molecule has 0 aliphatic heterocycles. The van der Waals surface area contributed by atoms with Gasteiger partial charge in [-0.25, -0.2) is 4.79 Å². The van der Waals surface area contributed by atoms with Crippen LogP contribution in [0.5, 0.6) is 5.75 Å². The Morgan fingerprint density at radius 3 is 2.38 bits per heavy atom. The quantitative estimate of drug-likeness (QED) is 0.720. The maximum Gasteiger partial charge on any atom is 0.344 e. The fourth-order valence-corrected chi connectivity index (χ4v) is 2.34. The molecule has 0 unspecified atom stereocenters. The molecular weight excluding hydrogens is 332 g/mol. The Balaban J connectivity index is 2.47. The van der Waals surface area contributed by atoms with E-state index in [9.17, 15) is 14.9 Å². The third-order valence-electron chi connectivity index (χ3n) is 4.37. The van der Waals surface area contributed by atoms with E-state index in [4.69, 9.17) is 9.47 Å². The topological polar surface area (TPSA) is 88.4 Å². The lowest BCUT2D eigenvalue weighted by molar-refractivity contribution is -0.150. The molecular formula is C20H28N2O4. The van der Waals surface area contributed by atoms with Gasteiger partial charge in [-0.15, -0.1) is 0 Å². The van der Waals surface area contributed by atoms with Crippen LogP contribution < -0.4 is 10.1 Å². The highest BCUT2D eigenvalue weighted by molar-refractivity contribution is 5.81. The number of aryl methyl sites for hydroxylation is 1. The molecule has 0 aromatic heterocycles.